The molecule has 1 rings (SSSR count). The van der Waals surface area contributed by atoms with Crippen LogP contribution in [0, 0.1) is 6.92 Å². The summed E-state index contributed by atoms with van der Waals surface area (Å²) < 4.78 is 24.7. The first-order chi connectivity index (χ1) is 6.93. The highest BCUT2D eigenvalue weighted by Crippen LogP contribution is 2.26. The molecule has 0 aromatic carbocycles. The summed E-state index contributed by atoms with van der Waals surface area (Å²) in [5.41, 5.74) is 5.60. The molecule has 3 N–H and O–H groups in total. The van der Waals surface area contributed by atoms with Crippen LogP contribution in [0.5, 0.6) is 0 Å². The number of carboxylic acids is 1. The SMILES string of the molecule is Cc1c(C(F)F)ncc(CC(=O)O)c1N. The van der Waals surface area contributed by atoms with Crippen LogP contribution in [0.3, 0.4) is 0 Å². The van der Waals surface area contributed by atoms with E-state index in [1.54, 1.807) is 0 Å². The van der Waals surface area contributed by atoms with Crippen molar-refractivity contribution in [2.45, 2.75) is 19.8 Å². The van der Waals surface area contributed by atoms with Gasteiger partial charge in [0.15, 0.2) is 0 Å². The van der Waals surface area contributed by atoms with Gasteiger partial charge in [-0.2, -0.15) is 0 Å². The van der Waals surface area contributed by atoms with Gasteiger partial charge in [0.1, 0.15) is 5.69 Å². The van der Waals surface area contributed by atoms with Crippen LogP contribution in [0.2, 0.25) is 0 Å². The minimum absolute atomic E-state index is 0.0719. The van der Waals surface area contributed by atoms with Crippen molar-refractivity contribution in [1.29, 1.82) is 0 Å². The standard InChI is InChI=1S/C9H10F2N2O2/c1-4-7(12)5(2-6(14)15)3-13-8(4)9(10)11/h3,9H,2H2,1H3,(H2,12,13)(H,14,15). The van der Waals surface area contributed by atoms with E-state index in [2.05, 4.69) is 4.98 Å². The number of aliphatic carboxylic acids is 1. The first-order valence-electron chi connectivity index (χ1n) is 4.17. The highest BCUT2D eigenvalue weighted by Gasteiger charge is 2.17. The number of nitrogen functional groups attached to an aromatic ring is 1. The Balaban J connectivity index is 3.15. The van der Waals surface area contributed by atoms with E-state index in [1.165, 1.54) is 6.92 Å². The van der Waals surface area contributed by atoms with Gasteiger partial charge in [-0.3, -0.25) is 9.78 Å². The maximum absolute atomic E-state index is 12.4. The lowest BCUT2D eigenvalue weighted by atomic mass is 10.1. The van der Waals surface area contributed by atoms with Gasteiger partial charge in [-0.05, 0) is 12.5 Å². The zero-order chi connectivity index (χ0) is 11.6. The summed E-state index contributed by atoms with van der Waals surface area (Å²) in [5, 5.41) is 8.53. The van der Waals surface area contributed by atoms with Crippen LogP contribution in [0.15, 0.2) is 6.20 Å². The van der Waals surface area contributed by atoms with Gasteiger partial charge in [0.25, 0.3) is 6.43 Å². The third-order valence-corrected chi connectivity index (χ3v) is 2.04. The molecule has 0 aliphatic heterocycles. The Kier molecular flexibility index (Phi) is 3.18. The van der Waals surface area contributed by atoms with Crippen molar-refractivity contribution in [3.8, 4) is 0 Å². The Hall–Kier alpha value is -1.72. The third kappa shape index (κ3) is 2.39. The van der Waals surface area contributed by atoms with Gasteiger partial charge in [0.2, 0.25) is 0 Å². The van der Waals surface area contributed by atoms with Crippen LogP contribution in [-0.4, -0.2) is 16.1 Å². The van der Waals surface area contributed by atoms with Gasteiger partial charge < -0.3 is 10.8 Å². The number of nitrogens with zero attached hydrogens (tertiary/aromatic N) is 1. The lowest BCUT2D eigenvalue weighted by Gasteiger charge is -2.10. The van der Waals surface area contributed by atoms with Crippen molar-refractivity contribution >= 4 is 11.7 Å². The van der Waals surface area contributed by atoms with Crippen molar-refractivity contribution < 1.29 is 18.7 Å². The molecular weight excluding hydrogens is 206 g/mol. The molecule has 0 atom stereocenters. The molecule has 1 aromatic rings. The van der Waals surface area contributed by atoms with Gasteiger partial charge in [-0.1, -0.05) is 0 Å². The first-order valence-corrected chi connectivity index (χ1v) is 4.17. The normalized spacial score (nSPS) is 10.7. The summed E-state index contributed by atoms with van der Waals surface area (Å²) in [6.45, 7) is 1.40. The fraction of sp³-hybridized carbons (Fsp3) is 0.333. The van der Waals surface area contributed by atoms with Crippen LogP contribution >= 0.6 is 0 Å². The number of pyridine rings is 1. The number of anilines is 1. The molecule has 0 saturated carbocycles. The molecule has 82 valence electrons. The molecule has 1 aromatic heterocycles. The highest BCUT2D eigenvalue weighted by molar-refractivity contribution is 5.73. The summed E-state index contributed by atoms with van der Waals surface area (Å²) in [4.78, 5) is 13.9. The molecule has 0 amide bonds. The number of alkyl halides is 2. The molecule has 0 spiro atoms. The molecule has 1 heterocycles. The number of carboxylic acid groups (broad SMARTS) is 1. The number of hydrogen-bond acceptors (Lipinski definition) is 3. The van der Waals surface area contributed by atoms with Crippen molar-refractivity contribution in [2.24, 2.45) is 0 Å². The average Bonchev–Trinajstić information content (AvgIpc) is 2.12. The number of carbonyl (C=O) groups is 1. The topological polar surface area (TPSA) is 76.2 Å². The van der Waals surface area contributed by atoms with E-state index in [9.17, 15) is 13.6 Å². The van der Waals surface area contributed by atoms with Crippen molar-refractivity contribution in [2.75, 3.05) is 5.73 Å². The van der Waals surface area contributed by atoms with Crippen LogP contribution < -0.4 is 5.73 Å². The lowest BCUT2D eigenvalue weighted by molar-refractivity contribution is -0.136. The lowest BCUT2D eigenvalue weighted by Crippen LogP contribution is -2.08. The van der Waals surface area contributed by atoms with E-state index in [0.717, 1.165) is 6.20 Å². The zero-order valence-electron chi connectivity index (χ0n) is 8.00. The molecule has 0 aliphatic carbocycles. The van der Waals surface area contributed by atoms with Crippen molar-refractivity contribution in [3.63, 3.8) is 0 Å². The number of hydrogen-bond donors (Lipinski definition) is 2. The van der Waals surface area contributed by atoms with Crippen LogP contribution in [0.1, 0.15) is 23.2 Å². The Morgan fingerprint density at radius 2 is 2.27 bits per heavy atom. The second-order valence-electron chi connectivity index (χ2n) is 3.08. The highest BCUT2D eigenvalue weighted by atomic mass is 19.3. The summed E-state index contributed by atoms with van der Waals surface area (Å²) in [5.74, 6) is -1.08. The van der Waals surface area contributed by atoms with Gasteiger partial charge in [0, 0.05) is 17.4 Å². The molecule has 0 bridgehead atoms. The maximum atomic E-state index is 12.4. The quantitative estimate of drug-likeness (QED) is 0.803. The van der Waals surface area contributed by atoms with E-state index in [0.29, 0.717) is 0 Å². The van der Waals surface area contributed by atoms with Crippen molar-refractivity contribution in [3.05, 3.63) is 23.0 Å². The monoisotopic (exact) mass is 216 g/mol. The molecule has 0 aliphatic rings. The molecule has 0 fully saturated rings. The summed E-state index contributed by atoms with van der Waals surface area (Å²) in [6.07, 6.45) is -1.94. The average molecular weight is 216 g/mol. The maximum Gasteiger partial charge on any atom is 0.307 e. The second kappa shape index (κ2) is 4.20. The fourth-order valence-corrected chi connectivity index (χ4v) is 1.22. The Morgan fingerprint density at radius 3 is 2.73 bits per heavy atom. The van der Waals surface area contributed by atoms with Crippen LogP contribution in [-0.2, 0) is 11.2 Å². The number of halogens is 2. The fourth-order valence-electron chi connectivity index (χ4n) is 1.22. The number of nitrogens with two attached hydrogens (primary N) is 1. The molecule has 6 heteroatoms. The summed E-state index contributed by atoms with van der Waals surface area (Å²) in [7, 11) is 0. The van der Waals surface area contributed by atoms with Crippen molar-refractivity contribution in [1.82, 2.24) is 4.98 Å². The smallest absolute Gasteiger partial charge is 0.307 e. The van der Waals surface area contributed by atoms with Crippen LogP contribution in [0.25, 0.3) is 0 Å². The largest absolute Gasteiger partial charge is 0.481 e. The Bertz CT molecular complexity index is 394. The Labute approximate surface area is 84.7 Å². The molecule has 4 nitrogen and oxygen atoms in total. The minimum atomic E-state index is -2.70. The minimum Gasteiger partial charge on any atom is -0.481 e. The van der Waals surface area contributed by atoms with Crippen LogP contribution in [0.4, 0.5) is 14.5 Å². The number of aromatic nitrogens is 1. The third-order valence-electron chi connectivity index (χ3n) is 2.04. The molecule has 0 saturated heterocycles. The zero-order valence-corrected chi connectivity index (χ0v) is 8.00. The van der Waals surface area contributed by atoms with Gasteiger partial charge in [0.05, 0.1) is 6.42 Å². The second-order valence-corrected chi connectivity index (χ2v) is 3.08. The van der Waals surface area contributed by atoms with E-state index in [1.807, 2.05) is 0 Å². The van der Waals surface area contributed by atoms with E-state index in [-0.39, 0.29) is 23.2 Å². The van der Waals surface area contributed by atoms with Gasteiger partial charge in [-0.25, -0.2) is 8.78 Å². The molecule has 0 unspecified atom stereocenters. The van der Waals surface area contributed by atoms with E-state index in [4.69, 9.17) is 10.8 Å². The van der Waals surface area contributed by atoms with Gasteiger partial charge in [-0.15, -0.1) is 0 Å². The molecule has 15 heavy (non-hydrogen) atoms. The first kappa shape index (κ1) is 11.4. The van der Waals surface area contributed by atoms with E-state index >= 15 is 0 Å². The summed E-state index contributed by atoms with van der Waals surface area (Å²) in [6, 6.07) is 0. The van der Waals surface area contributed by atoms with Gasteiger partial charge >= 0.3 is 5.97 Å². The predicted molar refractivity (Wildman–Crippen MR) is 49.7 cm³/mol. The molecular formula is C9H10F2N2O2. The predicted octanol–water partition coefficient (Wildman–Crippen LogP) is 1.54. The summed E-state index contributed by atoms with van der Waals surface area (Å²) >= 11 is 0. The molecule has 0 radical (unpaired) electrons. The Morgan fingerprint density at radius 1 is 1.67 bits per heavy atom. The van der Waals surface area contributed by atoms with E-state index < -0.39 is 18.1 Å². The number of rotatable bonds is 3.